The number of benzene rings is 3. The maximum Gasteiger partial charge on any atom is 0.338 e. The van der Waals surface area contributed by atoms with Crippen LogP contribution in [0.25, 0.3) is 0 Å². The third kappa shape index (κ3) is 7.14. The van der Waals surface area contributed by atoms with Crippen LogP contribution in [0.5, 0.6) is 0 Å². The molecule has 1 amide bonds. The number of aryl methyl sites for hydroxylation is 1. The summed E-state index contributed by atoms with van der Waals surface area (Å²) in [7, 11) is 0. The fourth-order valence-corrected chi connectivity index (χ4v) is 10.7. The number of hydrogen-bond donors (Lipinski definition) is 4. The largest absolute Gasteiger partial charge is 0.456 e. The number of ether oxygens (including phenoxy) is 5. The van der Waals surface area contributed by atoms with Crippen molar-refractivity contribution in [1.29, 1.82) is 0 Å². The SMILES string of the molecule is CC(=O)O[C@@]12O[C@@H]3C[C@H](O)[C@@](C)(C1=O)[C@H]([C@H](OC(=O)c1ccccc1)[C@]1(O)C[C@H](OC(=O)[C@H](O)[C@@H](NC(=O)c4ccccc4C)c4ccccc4)C(C)=C2C1(C)C)[C@@]3(C)OC(C)=O. The number of carbonyl (C=O) groups is 6. The number of rotatable bonds is 10. The minimum atomic E-state index is -2.74. The van der Waals surface area contributed by atoms with Gasteiger partial charge < -0.3 is 44.3 Å². The summed E-state index contributed by atoms with van der Waals surface area (Å²) in [4.78, 5) is 84.5. The predicted molar refractivity (Wildman–Crippen MR) is 222 cm³/mol. The molecule has 2 saturated carbocycles. The first-order chi connectivity index (χ1) is 29.5. The minimum Gasteiger partial charge on any atom is -0.456 e. The van der Waals surface area contributed by atoms with Gasteiger partial charge in [-0.2, -0.15) is 0 Å². The number of esters is 4. The Morgan fingerprint density at radius 1 is 0.825 bits per heavy atom. The lowest BCUT2D eigenvalue weighted by molar-refractivity contribution is -0.266. The highest BCUT2D eigenvalue weighted by Gasteiger charge is 2.82. The van der Waals surface area contributed by atoms with E-state index in [1.54, 1.807) is 79.7 Å². The molecule has 0 spiro atoms. The number of aliphatic hydroxyl groups is 3. The Hall–Kier alpha value is -5.74. The number of aliphatic hydroxyl groups excluding tert-OH is 2. The van der Waals surface area contributed by atoms with Crippen molar-refractivity contribution in [2.75, 3.05) is 0 Å². The number of carbonyl (C=O) groups excluding carboxylic acids is 6. The Morgan fingerprint density at radius 3 is 2.02 bits per heavy atom. The van der Waals surface area contributed by atoms with E-state index in [4.69, 9.17) is 23.7 Å². The van der Waals surface area contributed by atoms with Gasteiger partial charge in [-0.25, -0.2) is 9.59 Å². The van der Waals surface area contributed by atoms with Gasteiger partial charge in [-0.05, 0) is 62.6 Å². The van der Waals surface area contributed by atoms with Gasteiger partial charge in [0.05, 0.1) is 29.0 Å². The zero-order valence-corrected chi connectivity index (χ0v) is 36.4. The fourth-order valence-electron chi connectivity index (χ4n) is 10.7. The monoisotopic (exact) mass is 867 g/mol. The number of amides is 1. The molecule has 0 unspecified atom stereocenters. The van der Waals surface area contributed by atoms with Gasteiger partial charge in [-0.15, -0.1) is 0 Å². The molecule has 6 bridgehead atoms. The van der Waals surface area contributed by atoms with Gasteiger partial charge in [-0.1, -0.05) is 80.6 Å². The van der Waals surface area contributed by atoms with Gasteiger partial charge in [0.25, 0.3) is 11.7 Å². The summed E-state index contributed by atoms with van der Waals surface area (Å²) in [5.74, 6) is -9.95. The molecule has 15 heteroatoms. The summed E-state index contributed by atoms with van der Waals surface area (Å²) in [6.07, 6.45) is -9.37. The van der Waals surface area contributed by atoms with Gasteiger partial charge >= 0.3 is 23.9 Å². The van der Waals surface area contributed by atoms with Crippen molar-refractivity contribution in [1.82, 2.24) is 5.32 Å². The zero-order chi connectivity index (χ0) is 46.0. The average molecular weight is 868 g/mol. The molecule has 15 nitrogen and oxygen atoms in total. The molecule has 11 atom stereocenters. The number of nitrogens with one attached hydrogen (secondary N) is 1. The average Bonchev–Trinajstić information content (AvgIpc) is 3.33. The van der Waals surface area contributed by atoms with Gasteiger partial charge in [0, 0.05) is 43.2 Å². The molecule has 2 saturated heterocycles. The molecule has 0 aromatic heterocycles. The lowest BCUT2D eigenvalue weighted by Crippen LogP contribution is -2.76. The summed E-state index contributed by atoms with van der Waals surface area (Å²) >= 11 is 0. The lowest BCUT2D eigenvalue weighted by Gasteiger charge is -2.62. The fraction of sp³-hybridized carbons (Fsp3) is 0.458. The summed E-state index contributed by atoms with van der Waals surface area (Å²) in [5, 5.41) is 40.4. The van der Waals surface area contributed by atoms with Crippen LogP contribution in [-0.2, 0) is 42.9 Å². The van der Waals surface area contributed by atoms with Crippen LogP contribution in [0, 0.1) is 23.7 Å². The van der Waals surface area contributed by atoms with Gasteiger partial charge in [0.2, 0.25) is 5.78 Å². The van der Waals surface area contributed by atoms with Crippen LogP contribution in [0.4, 0.5) is 0 Å². The lowest BCUT2D eigenvalue weighted by atomic mass is 9.46. The molecule has 3 aromatic carbocycles. The highest BCUT2D eigenvalue weighted by atomic mass is 16.7. The number of Topliss-reactive ketones (excluding diaryl/α,β-unsaturated/α-hetero) is 1. The van der Waals surface area contributed by atoms with Crippen molar-refractivity contribution in [3.8, 4) is 0 Å². The second-order valence-electron chi connectivity index (χ2n) is 18.0. The molecule has 2 heterocycles. The van der Waals surface area contributed by atoms with E-state index in [1.165, 1.54) is 46.8 Å². The maximum atomic E-state index is 15.7. The van der Waals surface area contributed by atoms with Crippen molar-refractivity contribution in [2.24, 2.45) is 16.7 Å². The van der Waals surface area contributed by atoms with Crippen LogP contribution in [-0.4, -0.2) is 98.4 Å². The van der Waals surface area contributed by atoms with E-state index in [0.29, 0.717) is 16.7 Å². The van der Waals surface area contributed by atoms with Crippen LogP contribution in [0.2, 0.25) is 0 Å². The van der Waals surface area contributed by atoms with E-state index in [1.807, 2.05) is 0 Å². The molecule has 334 valence electrons. The van der Waals surface area contributed by atoms with Gasteiger partial charge in [0.15, 0.2) is 6.10 Å². The highest BCUT2D eigenvalue weighted by molar-refractivity contribution is 5.99. The van der Waals surface area contributed by atoms with Crippen LogP contribution < -0.4 is 5.32 Å². The van der Waals surface area contributed by atoms with Crippen molar-refractivity contribution < 1.29 is 67.8 Å². The molecule has 63 heavy (non-hydrogen) atoms. The second kappa shape index (κ2) is 16.1. The predicted octanol–water partition coefficient (Wildman–Crippen LogP) is 4.39. The van der Waals surface area contributed by atoms with E-state index in [2.05, 4.69) is 5.32 Å². The van der Waals surface area contributed by atoms with Crippen molar-refractivity contribution in [2.45, 2.75) is 122 Å². The van der Waals surface area contributed by atoms with Crippen molar-refractivity contribution in [3.05, 3.63) is 118 Å². The van der Waals surface area contributed by atoms with E-state index in [-0.39, 0.29) is 23.1 Å². The third-order valence-electron chi connectivity index (χ3n) is 13.9. The summed E-state index contributed by atoms with van der Waals surface area (Å²) < 4.78 is 31.3. The molecule has 0 radical (unpaired) electrons. The highest BCUT2D eigenvalue weighted by Crippen LogP contribution is 2.67. The first-order valence-electron chi connectivity index (χ1n) is 20.8. The van der Waals surface area contributed by atoms with Crippen LogP contribution in [0.15, 0.2) is 96.1 Å². The first-order valence-corrected chi connectivity index (χ1v) is 20.8. The first kappa shape index (κ1) is 45.3. The van der Waals surface area contributed by atoms with E-state index < -0.39 is 112 Å². The van der Waals surface area contributed by atoms with Crippen LogP contribution >= 0.6 is 0 Å². The Bertz CT molecular complexity index is 2380. The number of hydrogen-bond acceptors (Lipinski definition) is 14. The molecule has 2 aliphatic heterocycles. The molecule has 8 rings (SSSR count). The van der Waals surface area contributed by atoms with E-state index >= 15 is 4.79 Å². The Balaban J connectivity index is 1.42. The smallest absolute Gasteiger partial charge is 0.338 e. The Morgan fingerprint density at radius 2 is 1.41 bits per heavy atom. The molecular weight excluding hydrogens is 815 g/mol. The third-order valence-corrected chi connectivity index (χ3v) is 13.9. The number of fused-ring (bicyclic) bond motifs is 3. The Labute approximate surface area is 364 Å². The summed E-state index contributed by atoms with van der Waals surface area (Å²) in [5.41, 5.74) is -7.05. The normalized spacial score (nSPS) is 32.6. The maximum absolute atomic E-state index is 15.7. The molecule has 3 aliphatic carbocycles. The van der Waals surface area contributed by atoms with Crippen molar-refractivity contribution >= 4 is 35.6 Å². The van der Waals surface area contributed by atoms with E-state index in [0.717, 1.165) is 13.8 Å². The molecule has 5 aliphatic rings. The van der Waals surface area contributed by atoms with Crippen LogP contribution in [0.1, 0.15) is 99.2 Å². The minimum absolute atomic E-state index is 0.0602. The zero-order valence-electron chi connectivity index (χ0n) is 36.4. The van der Waals surface area contributed by atoms with E-state index in [9.17, 15) is 39.3 Å². The topological polar surface area (TPSA) is 221 Å². The summed E-state index contributed by atoms with van der Waals surface area (Å²) in [6, 6.07) is 21.5. The summed E-state index contributed by atoms with van der Waals surface area (Å²) in [6.45, 7) is 11.3. The van der Waals surface area contributed by atoms with Crippen LogP contribution in [0.3, 0.4) is 0 Å². The van der Waals surface area contributed by atoms with Gasteiger partial charge in [-0.3, -0.25) is 19.2 Å². The molecule has 4 N–H and O–H groups in total. The van der Waals surface area contributed by atoms with Crippen molar-refractivity contribution in [3.63, 3.8) is 0 Å². The molecule has 3 aromatic rings. The quantitative estimate of drug-likeness (QED) is 0.126. The molecule has 4 fully saturated rings. The standard InChI is InChI=1S/C48H53NO14/c1-25-17-15-16-22-31(25)40(54)49-35(29-18-11-9-12-19-29)36(53)42(56)59-32-24-47(58)39(60-41(55)30-20-13-10-14-21-30)38-45(7)33(52)23-34(46(38,8)61-27(3)50)63-48(43(45)57,62-28(4)51)37(26(32)2)44(47,5)6/h9-22,32-36,38-39,52-53,58H,23-24H2,1-8H3,(H,49,54)/t32-,33-,34+,35-,36+,38-,39-,45+,46-,47+,48-/m0/s1. The molecular formula is C48H53NO14. The second-order valence-corrected chi connectivity index (χ2v) is 18.0. The Kier molecular flexibility index (Phi) is 11.6. The van der Waals surface area contributed by atoms with Gasteiger partial charge in [0.1, 0.15) is 29.5 Å². The number of ketones is 1.